The molecular weight excluding hydrogens is 316 g/mol. The van der Waals surface area contributed by atoms with Gasteiger partial charge in [0, 0.05) is 18.8 Å². The van der Waals surface area contributed by atoms with E-state index in [1.165, 1.54) is 0 Å². The summed E-state index contributed by atoms with van der Waals surface area (Å²) < 4.78 is 5.34. The number of H-pyrrole nitrogens is 1. The summed E-state index contributed by atoms with van der Waals surface area (Å²) in [6.07, 6.45) is 3.60. The van der Waals surface area contributed by atoms with Crippen LogP contribution in [0.2, 0.25) is 0 Å². The van der Waals surface area contributed by atoms with Crippen molar-refractivity contribution in [2.75, 3.05) is 19.1 Å². The van der Waals surface area contributed by atoms with Gasteiger partial charge >= 0.3 is 0 Å². The van der Waals surface area contributed by atoms with Crippen LogP contribution in [0.1, 0.15) is 22.6 Å². The Bertz CT molecular complexity index is 1050. The van der Waals surface area contributed by atoms with Crippen molar-refractivity contribution in [3.63, 3.8) is 0 Å². The molecule has 1 amide bonds. The number of aromatic nitrogens is 3. The number of rotatable bonds is 2. The second-order valence-electron chi connectivity index (χ2n) is 6.10. The van der Waals surface area contributed by atoms with E-state index in [1.807, 2.05) is 38.1 Å². The van der Waals surface area contributed by atoms with Crippen molar-refractivity contribution < 1.29 is 9.53 Å². The number of carbonyl (C=O) groups is 1. The van der Waals surface area contributed by atoms with Crippen LogP contribution in [0.5, 0.6) is 5.75 Å². The van der Waals surface area contributed by atoms with Crippen LogP contribution < -0.4 is 9.64 Å². The van der Waals surface area contributed by atoms with Gasteiger partial charge in [-0.25, -0.2) is 9.97 Å². The summed E-state index contributed by atoms with van der Waals surface area (Å²) in [5.41, 5.74) is 6.28. The highest BCUT2D eigenvalue weighted by Gasteiger charge is 2.32. The number of likely N-dealkylation sites (N-methyl/N-ethyl adjacent to an activating group) is 1. The summed E-state index contributed by atoms with van der Waals surface area (Å²) in [4.78, 5) is 26.9. The van der Waals surface area contributed by atoms with Gasteiger partial charge in [-0.1, -0.05) is 0 Å². The normalized spacial score (nSPS) is 15.3. The SMILES string of the molecule is COc1cc[nH]c1/C=C1\C(=O)N(C)c2ccc3nc(C)c(C)nc3c21. The maximum atomic E-state index is 12.8. The molecule has 0 spiro atoms. The Balaban J connectivity index is 2.02. The number of fused-ring (bicyclic) bond motifs is 3. The molecule has 6 nitrogen and oxygen atoms in total. The maximum Gasteiger partial charge on any atom is 0.258 e. The standard InChI is InChI=1S/C19H18N4O2/c1-10-11(2)22-18-13(21-10)5-6-15-17(18)12(19(24)23(15)3)9-14-16(25-4)7-8-20-14/h5-9,20H,1-4H3/b12-9-. The van der Waals surface area contributed by atoms with Gasteiger partial charge in [0.15, 0.2) is 0 Å². The monoisotopic (exact) mass is 334 g/mol. The minimum atomic E-state index is -0.0702. The molecule has 4 rings (SSSR count). The Morgan fingerprint density at radius 3 is 2.68 bits per heavy atom. The Labute approximate surface area is 145 Å². The molecule has 0 saturated heterocycles. The van der Waals surface area contributed by atoms with E-state index >= 15 is 0 Å². The van der Waals surface area contributed by atoms with Gasteiger partial charge in [-0.2, -0.15) is 0 Å². The number of hydrogen-bond donors (Lipinski definition) is 1. The summed E-state index contributed by atoms with van der Waals surface area (Å²) in [7, 11) is 3.38. The first-order valence-electron chi connectivity index (χ1n) is 8.00. The van der Waals surface area contributed by atoms with Crippen LogP contribution in [0.4, 0.5) is 5.69 Å². The average molecular weight is 334 g/mol. The van der Waals surface area contributed by atoms with Crippen LogP contribution in [0.3, 0.4) is 0 Å². The summed E-state index contributed by atoms with van der Waals surface area (Å²) in [5.74, 6) is 0.619. The van der Waals surface area contributed by atoms with Gasteiger partial charge in [-0.15, -0.1) is 0 Å². The number of nitrogens with zero attached hydrogens (tertiary/aromatic N) is 3. The number of ether oxygens (including phenoxy) is 1. The highest BCUT2D eigenvalue weighted by Crippen LogP contribution is 2.41. The fourth-order valence-corrected chi connectivity index (χ4v) is 3.16. The number of aryl methyl sites for hydroxylation is 2. The third-order valence-electron chi connectivity index (χ3n) is 4.64. The van der Waals surface area contributed by atoms with E-state index in [-0.39, 0.29) is 5.91 Å². The van der Waals surface area contributed by atoms with E-state index in [2.05, 4.69) is 9.97 Å². The fraction of sp³-hybridized carbons (Fsp3) is 0.211. The predicted molar refractivity (Wildman–Crippen MR) is 97.6 cm³/mol. The summed E-state index contributed by atoms with van der Waals surface area (Å²) in [6, 6.07) is 5.66. The average Bonchev–Trinajstić information content (AvgIpc) is 3.14. The van der Waals surface area contributed by atoms with Crippen LogP contribution in [-0.2, 0) is 4.79 Å². The first-order valence-corrected chi connectivity index (χ1v) is 8.00. The van der Waals surface area contributed by atoms with Crippen molar-refractivity contribution >= 4 is 34.3 Å². The number of anilines is 1. The maximum absolute atomic E-state index is 12.8. The molecule has 3 heterocycles. The minimum absolute atomic E-state index is 0.0702. The molecule has 1 aromatic carbocycles. The molecular formula is C19H18N4O2. The molecule has 126 valence electrons. The van der Waals surface area contributed by atoms with Gasteiger partial charge in [0.2, 0.25) is 0 Å². The fourth-order valence-electron chi connectivity index (χ4n) is 3.16. The number of benzene rings is 1. The second kappa shape index (κ2) is 5.44. The Hall–Kier alpha value is -3.15. The van der Waals surface area contributed by atoms with Crippen LogP contribution in [0.25, 0.3) is 22.7 Å². The molecule has 0 radical (unpaired) electrons. The number of methoxy groups -OCH3 is 1. The number of amides is 1. The predicted octanol–water partition coefficient (Wildman–Crippen LogP) is 3.10. The van der Waals surface area contributed by atoms with Gasteiger partial charge in [0.1, 0.15) is 5.75 Å². The molecule has 0 unspecified atom stereocenters. The first-order chi connectivity index (χ1) is 12.0. The van der Waals surface area contributed by atoms with E-state index in [1.54, 1.807) is 25.3 Å². The van der Waals surface area contributed by atoms with Crippen molar-refractivity contribution in [3.05, 3.63) is 47.0 Å². The molecule has 1 aliphatic heterocycles. The molecule has 0 aliphatic carbocycles. The quantitative estimate of drug-likeness (QED) is 0.731. The smallest absolute Gasteiger partial charge is 0.258 e. The van der Waals surface area contributed by atoms with E-state index in [0.717, 1.165) is 39.4 Å². The molecule has 1 aliphatic rings. The highest BCUT2D eigenvalue weighted by molar-refractivity contribution is 6.38. The molecule has 0 saturated carbocycles. The number of nitrogens with one attached hydrogen (secondary N) is 1. The lowest BCUT2D eigenvalue weighted by atomic mass is 10.0. The number of hydrogen-bond acceptors (Lipinski definition) is 4. The van der Waals surface area contributed by atoms with Crippen LogP contribution in [0.15, 0.2) is 24.4 Å². The lowest BCUT2D eigenvalue weighted by molar-refractivity contribution is -0.112. The van der Waals surface area contributed by atoms with Crippen molar-refractivity contribution in [2.45, 2.75) is 13.8 Å². The molecule has 3 aromatic rings. The summed E-state index contributed by atoms with van der Waals surface area (Å²) in [6.45, 7) is 3.87. The van der Waals surface area contributed by atoms with Crippen LogP contribution >= 0.6 is 0 Å². The van der Waals surface area contributed by atoms with Gasteiger partial charge in [-0.3, -0.25) is 4.79 Å². The summed E-state index contributed by atoms with van der Waals surface area (Å²) >= 11 is 0. The Morgan fingerprint density at radius 2 is 1.92 bits per heavy atom. The van der Waals surface area contributed by atoms with E-state index in [9.17, 15) is 4.79 Å². The van der Waals surface area contributed by atoms with Gasteiger partial charge in [0.25, 0.3) is 5.91 Å². The van der Waals surface area contributed by atoms with Crippen molar-refractivity contribution in [3.8, 4) is 5.75 Å². The van der Waals surface area contributed by atoms with E-state index in [4.69, 9.17) is 9.72 Å². The minimum Gasteiger partial charge on any atom is -0.495 e. The molecule has 1 N–H and O–H groups in total. The zero-order valence-corrected chi connectivity index (χ0v) is 14.5. The topological polar surface area (TPSA) is 71.1 Å². The van der Waals surface area contributed by atoms with Crippen LogP contribution in [0, 0.1) is 13.8 Å². The second-order valence-corrected chi connectivity index (χ2v) is 6.10. The Morgan fingerprint density at radius 1 is 1.16 bits per heavy atom. The van der Waals surface area contributed by atoms with Crippen molar-refractivity contribution in [2.24, 2.45) is 0 Å². The van der Waals surface area contributed by atoms with Gasteiger partial charge < -0.3 is 14.6 Å². The molecule has 2 aromatic heterocycles. The molecule has 6 heteroatoms. The number of aromatic amines is 1. The Kier molecular flexibility index (Phi) is 3.35. The molecule has 0 atom stereocenters. The molecule has 0 fully saturated rings. The number of carbonyl (C=O) groups excluding carboxylic acids is 1. The van der Waals surface area contributed by atoms with Crippen LogP contribution in [-0.4, -0.2) is 35.0 Å². The van der Waals surface area contributed by atoms with E-state index < -0.39 is 0 Å². The third-order valence-corrected chi connectivity index (χ3v) is 4.64. The van der Waals surface area contributed by atoms with E-state index in [0.29, 0.717) is 11.3 Å². The molecule has 0 bridgehead atoms. The van der Waals surface area contributed by atoms with Gasteiger partial charge in [0.05, 0.1) is 46.5 Å². The zero-order valence-electron chi connectivity index (χ0n) is 14.5. The third kappa shape index (κ3) is 2.21. The highest BCUT2D eigenvalue weighted by atomic mass is 16.5. The van der Waals surface area contributed by atoms with Crippen molar-refractivity contribution in [1.82, 2.24) is 15.0 Å². The lowest BCUT2D eigenvalue weighted by Crippen LogP contribution is -2.20. The lowest BCUT2D eigenvalue weighted by Gasteiger charge is -2.10. The molecule has 25 heavy (non-hydrogen) atoms. The van der Waals surface area contributed by atoms with Gasteiger partial charge in [-0.05, 0) is 38.1 Å². The summed E-state index contributed by atoms with van der Waals surface area (Å²) in [5, 5.41) is 0. The van der Waals surface area contributed by atoms with Crippen molar-refractivity contribution in [1.29, 1.82) is 0 Å². The largest absolute Gasteiger partial charge is 0.495 e. The first kappa shape index (κ1) is 15.4. The zero-order chi connectivity index (χ0) is 17.7.